The van der Waals surface area contributed by atoms with Crippen LogP contribution in [0.4, 0.5) is 5.13 Å². The Morgan fingerprint density at radius 2 is 2.33 bits per heavy atom. The summed E-state index contributed by atoms with van der Waals surface area (Å²) < 4.78 is 5.66. The molecule has 0 bridgehead atoms. The summed E-state index contributed by atoms with van der Waals surface area (Å²) in [5.74, 6) is 0. The monoisotopic (exact) mass is 268 g/mol. The molecule has 2 atom stereocenters. The van der Waals surface area contributed by atoms with E-state index in [9.17, 15) is 5.11 Å². The Bertz CT molecular complexity index is 421. The van der Waals surface area contributed by atoms with E-state index in [-0.39, 0.29) is 12.2 Å². The van der Waals surface area contributed by atoms with Gasteiger partial charge in [-0.25, -0.2) is 4.98 Å². The highest BCUT2D eigenvalue weighted by atomic mass is 32.1. The second-order valence-electron chi connectivity index (χ2n) is 5.19. The van der Waals surface area contributed by atoms with Crippen molar-refractivity contribution in [2.75, 3.05) is 24.6 Å². The molecule has 4 nitrogen and oxygen atoms in total. The van der Waals surface area contributed by atoms with Gasteiger partial charge in [0, 0.05) is 24.6 Å². The van der Waals surface area contributed by atoms with Gasteiger partial charge in [-0.05, 0) is 32.6 Å². The molecule has 1 aliphatic heterocycles. The van der Waals surface area contributed by atoms with Crippen LogP contribution in [-0.2, 0) is 11.2 Å². The van der Waals surface area contributed by atoms with Crippen LogP contribution < -0.4 is 4.90 Å². The minimum absolute atomic E-state index is 0.262. The largest absolute Gasteiger partial charge is 0.387 e. The molecule has 1 saturated heterocycles. The van der Waals surface area contributed by atoms with Gasteiger partial charge in [-0.1, -0.05) is 0 Å². The third-order valence-corrected chi connectivity index (χ3v) is 4.83. The summed E-state index contributed by atoms with van der Waals surface area (Å²) in [5, 5.41) is 11.0. The number of hydrogen-bond donors (Lipinski definition) is 1. The number of aliphatic hydroxyl groups excluding tert-OH is 1. The molecule has 5 heteroatoms. The standard InChI is InChI=1S/C13H20N2O2S/c1-9-8-15(6-3-7-17-9)13-14-12-10(16)4-2-5-11(12)18-13/h9-10,16H,2-8H2,1H3. The fraction of sp³-hybridized carbons (Fsp3) is 0.769. The number of ether oxygens (including phenoxy) is 1. The molecule has 100 valence electrons. The topological polar surface area (TPSA) is 45.6 Å². The van der Waals surface area contributed by atoms with Crippen LogP contribution in [0.2, 0.25) is 0 Å². The van der Waals surface area contributed by atoms with Crippen molar-refractivity contribution in [2.45, 2.75) is 44.8 Å². The highest BCUT2D eigenvalue weighted by molar-refractivity contribution is 7.15. The van der Waals surface area contributed by atoms with Crippen LogP contribution in [0.5, 0.6) is 0 Å². The quantitative estimate of drug-likeness (QED) is 0.847. The number of aromatic nitrogens is 1. The number of thiazole rings is 1. The minimum atomic E-state index is -0.348. The van der Waals surface area contributed by atoms with Crippen LogP contribution >= 0.6 is 11.3 Å². The van der Waals surface area contributed by atoms with E-state index in [1.807, 2.05) is 0 Å². The normalized spacial score (nSPS) is 28.9. The van der Waals surface area contributed by atoms with Crippen molar-refractivity contribution < 1.29 is 9.84 Å². The van der Waals surface area contributed by atoms with Crippen LogP contribution in [0.15, 0.2) is 0 Å². The molecule has 1 N–H and O–H groups in total. The first kappa shape index (κ1) is 12.4. The molecule has 2 aliphatic rings. The van der Waals surface area contributed by atoms with E-state index < -0.39 is 0 Å². The van der Waals surface area contributed by atoms with E-state index in [0.717, 1.165) is 56.2 Å². The number of hydrogen-bond acceptors (Lipinski definition) is 5. The van der Waals surface area contributed by atoms with Crippen LogP contribution in [0.3, 0.4) is 0 Å². The average molecular weight is 268 g/mol. The van der Waals surface area contributed by atoms with Crippen molar-refractivity contribution in [3.63, 3.8) is 0 Å². The van der Waals surface area contributed by atoms with E-state index in [4.69, 9.17) is 4.74 Å². The first-order valence-electron chi connectivity index (χ1n) is 6.78. The Balaban J connectivity index is 1.83. The summed E-state index contributed by atoms with van der Waals surface area (Å²) in [6.45, 7) is 4.86. The Morgan fingerprint density at radius 1 is 1.44 bits per heavy atom. The number of anilines is 1. The predicted molar refractivity (Wildman–Crippen MR) is 72.3 cm³/mol. The molecule has 2 heterocycles. The SMILES string of the molecule is CC1CN(c2nc3c(s2)CCCC3O)CCCO1. The Hall–Kier alpha value is -0.650. The van der Waals surface area contributed by atoms with Crippen molar-refractivity contribution in [2.24, 2.45) is 0 Å². The molecular weight excluding hydrogens is 248 g/mol. The molecule has 0 saturated carbocycles. The van der Waals surface area contributed by atoms with Gasteiger partial charge < -0.3 is 14.7 Å². The molecule has 1 fully saturated rings. The lowest BCUT2D eigenvalue weighted by Crippen LogP contribution is -2.30. The zero-order chi connectivity index (χ0) is 12.5. The van der Waals surface area contributed by atoms with Crippen molar-refractivity contribution in [3.05, 3.63) is 10.6 Å². The lowest BCUT2D eigenvalue weighted by Gasteiger charge is -2.20. The lowest BCUT2D eigenvalue weighted by molar-refractivity contribution is 0.0821. The van der Waals surface area contributed by atoms with Gasteiger partial charge in [0.2, 0.25) is 0 Å². The summed E-state index contributed by atoms with van der Waals surface area (Å²) in [5.41, 5.74) is 0.930. The van der Waals surface area contributed by atoms with E-state index in [1.165, 1.54) is 4.88 Å². The molecule has 2 unspecified atom stereocenters. The van der Waals surface area contributed by atoms with Gasteiger partial charge in [0.15, 0.2) is 5.13 Å². The van der Waals surface area contributed by atoms with Crippen LogP contribution in [0, 0.1) is 0 Å². The van der Waals surface area contributed by atoms with Crippen molar-refractivity contribution in [1.82, 2.24) is 4.98 Å². The Kier molecular flexibility index (Phi) is 3.54. The van der Waals surface area contributed by atoms with Gasteiger partial charge in [-0.15, -0.1) is 11.3 Å². The van der Waals surface area contributed by atoms with Crippen molar-refractivity contribution in [3.8, 4) is 0 Å². The summed E-state index contributed by atoms with van der Waals surface area (Å²) in [6.07, 6.45) is 3.98. The van der Waals surface area contributed by atoms with E-state index in [0.29, 0.717) is 0 Å². The number of fused-ring (bicyclic) bond motifs is 1. The zero-order valence-corrected chi connectivity index (χ0v) is 11.6. The van der Waals surface area contributed by atoms with Gasteiger partial charge in [0.1, 0.15) is 0 Å². The Morgan fingerprint density at radius 3 is 3.17 bits per heavy atom. The predicted octanol–water partition coefficient (Wildman–Crippen LogP) is 2.13. The third-order valence-electron chi connectivity index (χ3n) is 3.64. The van der Waals surface area contributed by atoms with E-state index in [1.54, 1.807) is 11.3 Å². The minimum Gasteiger partial charge on any atom is -0.387 e. The molecule has 0 amide bonds. The molecule has 18 heavy (non-hydrogen) atoms. The second-order valence-corrected chi connectivity index (χ2v) is 6.26. The highest BCUT2D eigenvalue weighted by Gasteiger charge is 2.25. The van der Waals surface area contributed by atoms with E-state index in [2.05, 4.69) is 16.8 Å². The van der Waals surface area contributed by atoms with Gasteiger partial charge in [0.25, 0.3) is 0 Å². The molecule has 3 rings (SSSR count). The summed E-state index contributed by atoms with van der Waals surface area (Å²) >= 11 is 1.76. The first-order chi connectivity index (χ1) is 8.74. The number of aliphatic hydroxyl groups is 1. The molecule has 1 aliphatic carbocycles. The number of aryl methyl sites for hydroxylation is 1. The number of rotatable bonds is 1. The average Bonchev–Trinajstić information content (AvgIpc) is 2.67. The molecule has 1 aromatic heterocycles. The molecule has 1 aromatic rings. The Labute approximate surface area is 112 Å². The molecule has 0 radical (unpaired) electrons. The maximum Gasteiger partial charge on any atom is 0.185 e. The number of nitrogens with zero attached hydrogens (tertiary/aromatic N) is 2. The van der Waals surface area contributed by atoms with E-state index >= 15 is 0 Å². The third kappa shape index (κ3) is 2.39. The van der Waals surface area contributed by atoms with Crippen LogP contribution in [0.1, 0.15) is 42.9 Å². The molecule has 0 aromatic carbocycles. The van der Waals surface area contributed by atoms with Gasteiger partial charge in [-0.2, -0.15) is 0 Å². The first-order valence-corrected chi connectivity index (χ1v) is 7.60. The second kappa shape index (κ2) is 5.15. The summed E-state index contributed by atoms with van der Waals surface area (Å²) in [6, 6.07) is 0. The van der Waals surface area contributed by atoms with Crippen LogP contribution in [-0.4, -0.2) is 35.9 Å². The fourth-order valence-electron chi connectivity index (χ4n) is 2.69. The van der Waals surface area contributed by atoms with Crippen molar-refractivity contribution in [1.29, 1.82) is 0 Å². The fourth-order valence-corrected chi connectivity index (χ4v) is 3.88. The highest BCUT2D eigenvalue weighted by Crippen LogP contribution is 2.36. The molecule has 0 spiro atoms. The van der Waals surface area contributed by atoms with Crippen LogP contribution in [0.25, 0.3) is 0 Å². The maximum atomic E-state index is 9.98. The van der Waals surface area contributed by atoms with Gasteiger partial charge in [0.05, 0.1) is 17.9 Å². The lowest BCUT2D eigenvalue weighted by atomic mass is 10.0. The summed E-state index contributed by atoms with van der Waals surface area (Å²) in [7, 11) is 0. The summed E-state index contributed by atoms with van der Waals surface area (Å²) in [4.78, 5) is 8.26. The van der Waals surface area contributed by atoms with Gasteiger partial charge in [-0.3, -0.25) is 0 Å². The maximum absolute atomic E-state index is 9.98. The van der Waals surface area contributed by atoms with Gasteiger partial charge >= 0.3 is 0 Å². The van der Waals surface area contributed by atoms with Crippen molar-refractivity contribution >= 4 is 16.5 Å². The zero-order valence-electron chi connectivity index (χ0n) is 10.8. The molecular formula is C13H20N2O2S. The smallest absolute Gasteiger partial charge is 0.185 e.